The van der Waals surface area contributed by atoms with Gasteiger partial charge in [0.1, 0.15) is 0 Å². The highest BCUT2D eigenvalue weighted by Crippen LogP contribution is 2.17. The maximum atomic E-state index is 5.32. The van der Waals surface area contributed by atoms with Crippen molar-refractivity contribution in [1.82, 2.24) is 15.6 Å². The molecule has 0 amide bonds. The summed E-state index contributed by atoms with van der Waals surface area (Å²) in [4.78, 5) is 10.6. The van der Waals surface area contributed by atoms with Crippen LogP contribution < -0.4 is 10.6 Å². The van der Waals surface area contributed by atoms with Crippen LogP contribution in [-0.4, -0.2) is 43.8 Å². The van der Waals surface area contributed by atoms with Crippen LogP contribution in [0.4, 0.5) is 0 Å². The van der Waals surface area contributed by atoms with Gasteiger partial charge < -0.3 is 15.4 Å². The summed E-state index contributed by atoms with van der Waals surface area (Å²) < 4.78 is 5.32. The molecule has 1 aromatic rings. The average molecular weight is 327 g/mol. The first-order valence-electron chi connectivity index (χ1n) is 8.26. The molecule has 0 spiro atoms. The molecule has 5 nitrogen and oxygen atoms in total. The predicted octanol–water partition coefficient (Wildman–Crippen LogP) is 2.54. The maximum Gasteiger partial charge on any atom is 0.191 e. The SMILES string of the molecule is CCNC(=NCCCOCC)NCCc1nc(CC)c(C)s1. The largest absolute Gasteiger partial charge is 0.382 e. The van der Waals surface area contributed by atoms with Crippen molar-refractivity contribution >= 4 is 17.3 Å². The lowest BCUT2D eigenvalue weighted by molar-refractivity contribution is 0.146. The number of hydrogen-bond acceptors (Lipinski definition) is 4. The lowest BCUT2D eigenvalue weighted by Gasteiger charge is -2.10. The summed E-state index contributed by atoms with van der Waals surface area (Å²) >= 11 is 1.80. The third kappa shape index (κ3) is 7.22. The van der Waals surface area contributed by atoms with Gasteiger partial charge in [0.05, 0.1) is 10.7 Å². The monoisotopic (exact) mass is 326 g/mol. The minimum atomic E-state index is 0.773. The molecule has 126 valence electrons. The smallest absolute Gasteiger partial charge is 0.191 e. The van der Waals surface area contributed by atoms with E-state index >= 15 is 0 Å². The van der Waals surface area contributed by atoms with Crippen LogP contribution in [0, 0.1) is 6.92 Å². The lowest BCUT2D eigenvalue weighted by atomic mass is 10.3. The highest BCUT2D eigenvalue weighted by molar-refractivity contribution is 7.11. The first kappa shape index (κ1) is 18.9. The van der Waals surface area contributed by atoms with Gasteiger partial charge in [0, 0.05) is 44.1 Å². The number of ether oxygens (including phenoxy) is 1. The zero-order valence-corrected chi connectivity index (χ0v) is 15.2. The van der Waals surface area contributed by atoms with E-state index in [1.807, 2.05) is 6.92 Å². The van der Waals surface area contributed by atoms with E-state index in [9.17, 15) is 0 Å². The Morgan fingerprint density at radius 2 is 2.09 bits per heavy atom. The predicted molar refractivity (Wildman–Crippen MR) is 95.0 cm³/mol. The number of aromatic nitrogens is 1. The minimum Gasteiger partial charge on any atom is -0.382 e. The molecule has 22 heavy (non-hydrogen) atoms. The van der Waals surface area contributed by atoms with Gasteiger partial charge in [0.25, 0.3) is 0 Å². The number of aryl methyl sites for hydroxylation is 2. The van der Waals surface area contributed by atoms with Crippen LogP contribution in [0.15, 0.2) is 4.99 Å². The van der Waals surface area contributed by atoms with Crippen molar-refractivity contribution in [1.29, 1.82) is 0 Å². The highest BCUT2D eigenvalue weighted by atomic mass is 32.1. The van der Waals surface area contributed by atoms with Crippen molar-refractivity contribution in [2.24, 2.45) is 4.99 Å². The number of guanidine groups is 1. The molecular weight excluding hydrogens is 296 g/mol. The van der Waals surface area contributed by atoms with Gasteiger partial charge >= 0.3 is 0 Å². The van der Waals surface area contributed by atoms with Crippen molar-refractivity contribution in [3.63, 3.8) is 0 Å². The van der Waals surface area contributed by atoms with Gasteiger partial charge in [-0.05, 0) is 33.6 Å². The zero-order chi connectivity index (χ0) is 16.2. The second-order valence-electron chi connectivity index (χ2n) is 4.95. The molecular formula is C16H30N4OS. The number of hydrogen-bond donors (Lipinski definition) is 2. The summed E-state index contributed by atoms with van der Waals surface area (Å²) in [7, 11) is 0. The molecule has 0 atom stereocenters. The fourth-order valence-corrected chi connectivity index (χ4v) is 3.08. The zero-order valence-electron chi connectivity index (χ0n) is 14.4. The number of aliphatic imine (C=N–C) groups is 1. The molecule has 0 unspecified atom stereocenters. The Morgan fingerprint density at radius 3 is 2.73 bits per heavy atom. The lowest BCUT2D eigenvalue weighted by Crippen LogP contribution is -2.38. The minimum absolute atomic E-state index is 0.773. The first-order chi connectivity index (χ1) is 10.7. The standard InChI is InChI=1S/C16H30N4OS/c1-5-14-13(4)22-15(20-14)9-11-19-16(17-6-2)18-10-8-12-21-7-3/h5-12H2,1-4H3,(H2,17,18,19). The van der Waals surface area contributed by atoms with Crippen LogP contribution in [0.1, 0.15) is 42.8 Å². The maximum absolute atomic E-state index is 5.32. The average Bonchev–Trinajstić information content (AvgIpc) is 2.87. The topological polar surface area (TPSA) is 58.5 Å². The Kier molecular flexibility index (Phi) is 9.82. The second-order valence-corrected chi connectivity index (χ2v) is 6.24. The van der Waals surface area contributed by atoms with Crippen molar-refractivity contribution < 1.29 is 4.74 Å². The summed E-state index contributed by atoms with van der Waals surface area (Å²) in [5.74, 6) is 0.878. The molecule has 0 bridgehead atoms. The molecule has 0 saturated heterocycles. The van der Waals surface area contributed by atoms with Crippen molar-refractivity contribution in [2.45, 2.75) is 47.0 Å². The fraction of sp³-hybridized carbons (Fsp3) is 0.750. The van der Waals surface area contributed by atoms with Crippen LogP contribution in [0.3, 0.4) is 0 Å². The van der Waals surface area contributed by atoms with Crippen LogP contribution in [-0.2, 0) is 17.6 Å². The molecule has 2 N–H and O–H groups in total. The molecule has 0 aromatic carbocycles. The third-order valence-corrected chi connectivity index (χ3v) is 4.24. The Bertz CT molecular complexity index is 445. The number of nitrogens with one attached hydrogen (secondary N) is 2. The molecule has 0 saturated carbocycles. The van der Waals surface area contributed by atoms with E-state index in [1.165, 1.54) is 15.6 Å². The van der Waals surface area contributed by atoms with Gasteiger partial charge in [0.15, 0.2) is 5.96 Å². The molecule has 1 rings (SSSR count). The van der Waals surface area contributed by atoms with Crippen LogP contribution >= 0.6 is 11.3 Å². The van der Waals surface area contributed by atoms with Gasteiger partial charge in [-0.15, -0.1) is 11.3 Å². The number of rotatable bonds is 10. The van der Waals surface area contributed by atoms with E-state index < -0.39 is 0 Å². The quantitative estimate of drug-likeness (QED) is 0.394. The van der Waals surface area contributed by atoms with E-state index in [0.717, 1.165) is 58.1 Å². The van der Waals surface area contributed by atoms with Crippen LogP contribution in [0.2, 0.25) is 0 Å². The summed E-state index contributed by atoms with van der Waals surface area (Å²) in [5, 5.41) is 7.84. The molecule has 0 fully saturated rings. The van der Waals surface area contributed by atoms with Crippen LogP contribution in [0.25, 0.3) is 0 Å². The third-order valence-electron chi connectivity index (χ3n) is 3.17. The molecule has 0 aliphatic heterocycles. The number of nitrogens with zero attached hydrogens (tertiary/aromatic N) is 2. The molecule has 1 heterocycles. The van der Waals surface area contributed by atoms with E-state index in [1.54, 1.807) is 11.3 Å². The van der Waals surface area contributed by atoms with Crippen LogP contribution in [0.5, 0.6) is 0 Å². The molecule has 0 aliphatic rings. The molecule has 1 aromatic heterocycles. The summed E-state index contributed by atoms with van der Waals surface area (Å²) in [6.07, 6.45) is 2.91. The van der Waals surface area contributed by atoms with E-state index in [-0.39, 0.29) is 0 Å². The van der Waals surface area contributed by atoms with Gasteiger partial charge in [-0.2, -0.15) is 0 Å². The molecule has 0 radical (unpaired) electrons. The molecule has 6 heteroatoms. The first-order valence-corrected chi connectivity index (χ1v) is 9.07. The van der Waals surface area contributed by atoms with E-state index in [2.05, 4.69) is 41.4 Å². The van der Waals surface area contributed by atoms with Gasteiger partial charge in [-0.25, -0.2) is 4.98 Å². The summed E-state index contributed by atoms with van der Waals surface area (Å²) in [5.41, 5.74) is 1.23. The second kappa shape index (κ2) is 11.4. The Morgan fingerprint density at radius 1 is 1.27 bits per heavy atom. The highest BCUT2D eigenvalue weighted by Gasteiger charge is 2.06. The number of thiazole rings is 1. The van der Waals surface area contributed by atoms with E-state index in [0.29, 0.717) is 0 Å². The van der Waals surface area contributed by atoms with Crippen molar-refractivity contribution in [2.75, 3.05) is 32.8 Å². The Labute approximate surface area is 138 Å². The normalized spacial score (nSPS) is 11.7. The Balaban J connectivity index is 2.34. The van der Waals surface area contributed by atoms with E-state index in [4.69, 9.17) is 4.74 Å². The Hall–Kier alpha value is -1.14. The van der Waals surface area contributed by atoms with Gasteiger partial charge in [0.2, 0.25) is 0 Å². The van der Waals surface area contributed by atoms with Gasteiger partial charge in [-0.3, -0.25) is 4.99 Å². The van der Waals surface area contributed by atoms with Crippen molar-refractivity contribution in [3.8, 4) is 0 Å². The van der Waals surface area contributed by atoms with Crippen molar-refractivity contribution in [3.05, 3.63) is 15.6 Å². The fourth-order valence-electron chi connectivity index (χ4n) is 2.05. The summed E-state index contributed by atoms with van der Waals surface area (Å²) in [6.45, 7) is 12.5. The summed E-state index contributed by atoms with van der Waals surface area (Å²) in [6, 6.07) is 0. The van der Waals surface area contributed by atoms with Gasteiger partial charge in [-0.1, -0.05) is 6.92 Å². The molecule has 0 aliphatic carbocycles.